The first-order valence-corrected chi connectivity index (χ1v) is 22.1. The number of carbonyl (C=O) groups is 8. The lowest BCUT2D eigenvalue weighted by atomic mass is 10.1. The number of urea groups is 1. The number of methoxy groups -OCH3 is 3. The van der Waals surface area contributed by atoms with Crippen molar-refractivity contribution >= 4 is 47.6 Å². The summed E-state index contributed by atoms with van der Waals surface area (Å²) in [5.41, 5.74) is 2.04. The number of amides is 5. The molecule has 5 amide bonds. The van der Waals surface area contributed by atoms with Crippen LogP contribution in [0.3, 0.4) is 0 Å². The highest BCUT2D eigenvalue weighted by Gasteiger charge is 2.33. The molecular weight excluding hydrogens is 873 g/mol. The third kappa shape index (κ3) is 19.4. The van der Waals surface area contributed by atoms with Crippen molar-refractivity contribution in [2.45, 2.75) is 115 Å². The number of nitrogens with zero attached hydrogens (tertiary/aromatic N) is 1. The van der Waals surface area contributed by atoms with Crippen LogP contribution in [0.25, 0.3) is 0 Å². The summed E-state index contributed by atoms with van der Waals surface area (Å²) < 4.78 is 32.1. The maximum atomic E-state index is 13.5. The minimum absolute atomic E-state index is 0.0225. The lowest BCUT2D eigenvalue weighted by Crippen LogP contribution is -2.51. The Balaban J connectivity index is 1.28. The molecule has 2 unspecified atom stereocenters. The molecule has 0 aliphatic carbocycles. The van der Waals surface area contributed by atoms with Crippen molar-refractivity contribution in [3.05, 3.63) is 89.5 Å². The van der Waals surface area contributed by atoms with Gasteiger partial charge in [0.2, 0.25) is 5.91 Å². The van der Waals surface area contributed by atoms with E-state index in [1.54, 1.807) is 72.8 Å². The van der Waals surface area contributed by atoms with Gasteiger partial charge in [0.15, 0.2) is 0 Å². The maximum absolute atomic E-state index is 13.5. The molecule has 3 aromatic carbocycles. The molecule has 2 atom stereocenters. The highest BCUT2D eigenvalue weighted by atomic mass is 16.7. The number of ether oxygens (including phenoxy) is 6. The van der Waals surface area contributed by atoms with Crippen molar-refractivity contribution in [1.82, 2.24) is 21.0 Å². The normalized spacial score (nSPS) is 12.9. The van der Waals surface area contributed by atoms with E-state index in [0.717, 1.165) is 5.56 Å². The highest BCUT2D eigenvalue weighted by Crippen LogP contribution is 2.17. The third-order valence-corrected chi connectivity index (χ3v) is 10.4. The second-order valence-corrected chi connectivity index (χ2v) is 15.5. The van der Waals surface area contributed by atoms with Gasteiger partial charge in [-0.15, -0.1) is 5.06 Å². The lowest BCUT2D eigenvalue weighted by molar-refractivity contribution is -0.197. The van der Waals surface area contributed by atoms with Crippen LogP contribution in [-0.2, 0) is 72.4 Å². The fourth-order valence-corrected chi connectivity index (χ4v) is 6.53. The van der Waals surface area contributed by atoms with Crippen molar-refractivity contribution in [1.29, 1.82) is 0 Å². The molecular formula is C48H60N4O15. The molecule has 1 fully saturated rings. The molecule has 0 bridgehead atoms. The van der Waals surface area contributed by atoms with Crippen LogP contribution in [0.2, 0.25) is 0 Å². The van der Waals surface area contributed by atoms with Gasteiger partial charge < -0.3 is 49.2 Å². The van der Waals surface area contributed by atoms with Crippen molar-refractivity contribution in [2.75, 3.05) is 27.9 Å². The van der Waals surface area contributed by atoms with Gasteiger partial charge in [-0.3, -0.25) is 19.2 Å². The molecule has 3 N–H and O–H groups in total. The van der Waals surface area contributed by atoms with E-state index in [1.165, 1.54) is 21.3 Å². The summed E-state index contributed by atoms with van der Waals surface area (Å²) >= 11 is 0. The van der Waals surface area contributed by atoms with Crippen LogP contribution < -0.4 is 30.2 Å². The van der Waals surface area contributed by atoms with E-state index < -0.39 is 53.8 Å². The standard InChI is InChI=1S/C48H60N4O15/c1-61-36-19-13-33(14-20-36)30-64-44(56)28-25-40(47(59)66-32-35-17-23-38(63-3)24-18-35)51-48(60)50-39(46(58)65-31-34-15-21-37(62-2)22-16-34)10-8-9-29-49-41(53)11-6-4-5-7-12-45(57)67-52-42(54)26-27-43(52)55/h13-24,39-40H,4-12,25-32H2,1-3H3,(H,49,53)(H2,50,51,60). The number of carbonyl (C=O) groups excluding carboxylic acids is 8. The van der Waals surface area contributed by atoms with Gasteiger partial charge in [0, 0.05) is 38.6 Å². The number of imide groups is 1. The zero-order chi connectivity index (χ0) is 48.4. The Bertz CT molecular complexity index is 2080. The minimum atomic E-state index is -1.31. The fourth-order valence-electron chi connectivity index (χ4n) is 6.53. The van der Waals surface area contributed by atoms with Crippen molar-refractivity contribution < 1.29 is 71.6 Å². The number of esters is 3. The molecule has 1 aliphatic heterocycles. The first kappa shape index (κ1) is 52.4. The average molecular weight is 933 g/mol. The Morgan fingerprint density at radius 1 is 0.522 bits per heavy atom. The number of hydrogen-bond donors (Lipinski definition) is 3. The van der Waals surface area contributed by atoms with Crippen LogP contribution in [0.1, 0.15) is 100 Å². The topological polar surface area (TPSA) is 240 Å². The monoisotopic (exact) mass is 932 g/mol. The lowest BCUT2D eigenvalue weighted by Gasteiger charge is -2.21. The molecule has 1 heterocycles. The Hall–Kier alpha value is -7.18. The van der Waals surface area contributed by atoms with E-state index in [0.29, 0.717) is 78.5 Å². The van der Waals surface area contributed by atoms with Gasteiger partial charge in [-0.25, -0.2) is 19.2 Å². The molecule has 4 rings (SSSR count). The van der Waals surface area contributed by atoms with Gasteiger partial charge in [-0.1, -0.05) is 49.2 Å². The smallest absolute Gasteiger partial charge is 0.333 e. The third-order valence-electron chi connectivity index (χ3n) is 10.4. The van der Waals surface area contributed by atoms with Gasteiger partial charge >= 0.3 is 29.9 Å². The molecule has 1 aliphatic rings. The van der Waals surface area contributed by atoms with Crippen molar-refractivity contribution in [3.63, 3.8) is 0 Å². The summed E-state index contributed by atoms with van der Waals surface area (Å²) in [6, 6.07) is 17.3. The molecule has 19 nitrogen and oxygen atoms in total. The van der Waals surface area contributed by atoms with Gasteiger partial charge in [0.25, 0.3) is 11.8 Å². The van der Waals surface area contributed by atoms with Crippen LogP contribution in [0.5, 0.6) is 17.2 Å². The van der Waals surface area contributed by atoms with Crippen LogP contribution >= 0.6 is 0 Å². The van der Waals surface area contributed by atoms with E-state index in [1.807, 2.05) is 0 Å². The Kier molecular flexibility index (Phi) is 22.4. The largest absolute Gasteiger partial charge is 0.497 e. The maximum Gasteiger partial charge on any atom is 0.333 e. The van der Waals surface area contributed by atoms with E-state index in [4.69, 9.17) is 33.3 Å². The van der Waals surface area contributed by atoms with Crippen molar-refractivity contribution in [3.8, 4) is 17.2 Å². The zero-order valence-electron chi connectivity index (χ0n) is 38.2. The van der Waals surface area contributed by atoms with Crippen LogP contribution in [0, 0.1) is 0 Å². The highest BCUT2D eigenvalue weighted by molar-refractivity contribution is 6.01. The first-order valence-electron chi connectivity index (χ1n) is 22.1. The molecule has 3 aromatic rings. The number of unbranched alkanes of at least 4 members (excludes halogenated alkanes) is 4. The number of hydrogen-bond acceptors (Lipinski definition) is 15. The zero-order valence-corrected chi connectivity index (χ0v) is 38.2. The van der Waals surface area contributed by atoms with Crippen LogP contribution in [0.15, 0.2) is 72.8 Å². The van der Waals surface area contributed by atoms with Crippen LogP contribution in [0.4, 0.5) is 4.79 Å². The molecule has 0 spiro atoms. The summed E-state index contributed by atoms with van der Waals surface area (Å²) in [5, 5.41) is 8.55. The summed E-state index contributed by atoms with van der Waals surface area (Å²) in [7, 11) is 4.60. The second-order valence-electron chi connectivity index (χ2n) is 15.5. The molecule has 67 heavy (non-hydrogen) atoms. The second kappa shape index (κ2) is 28.7. The Labute approximate surface area is 389 Å². The molecule has 0 radical (unpaired) electrons. The van der Waals surface area contributed by atoms with Gasteiger partial charge in [-0.05, 0) is 91.6 Å². The molecule has 0 aromatic heterocycles. The Morgan fingerprint density at radius 2 is 0.970 bits per heavy atom. The molecule has 0 saturated carbocycles. The molecule has 1 saturated heterocycles. The predicted molar refractivity (Wildman–Crippen MR) is 239 cm³/mol. The van der Waals surface area contributed by atoms with E-state index in [-0.39, 0.29) is 70.7 Å². The molecule has 362 valence electrons. The summed E-state index contributed by atoms with van der Waals surface area (Å²) in [4.78, 5) is 106. The first-order chi connectivity index (χ1) is 32.4. The number of rotatable bonds is 29. The SMILES string of the molecule is COc1ccc(COC(=O)CCC(NC(=O)NC(CCCCNC(=O)CCCCCCC(=O)ON2C(=O)CCC2=O)C(=O)OCc2ccc(OC)cc2)C(=O)OCc2ccc(OC)cc2)cc1. The quantitative estimate of drug-likeness (QED) is 0.0347. The number of nitrogens with one attached hydrogen (secondary N) is 3. The summed E-state index contributed by atoms with van der Waals surface area (Å²) in [5.74, 6) is -2.20. The molecule has 19 heteroatoms. The predicted octanol–water partition coefficient (Wildman–Crippen LogP) is 5.29. The van der Waals surface area contributed by atoms with E-state index in [9.17, 15) is 38.4 Å². The summed E-state index contributed by atoms with van der Waals surface area (Å²) in [6.45, 7) is 0.0525. The fraction of sp³-hybridized carbons (Fsp3) is 0.458. The van der Waals surface area contributed by atoms with E-state index >= 15 is 0 Å². The van der Waals surface area contributed by atoms with Gasteiger partial charge in [0.05, 0.1) is 21.3 Å². The van der Waals surface area contributed by atoms with Gasteiger partial charge in [-0.2, -0.15) is 0 Å². The minimum Gasteiger partial charge on any atom is -0.497 e. The van der Waals surface area contributed by atoms with Gasteiger partial charge in [0.1, 0.15) is 49.2 Å². The summed E-state index contributed by atoms with van der Waals surface area (Å²) in [6.07, 6.45) is 3.26. The average Bonchev–Trinajstić information content (AvgIpc) is 3.66. The van der Waals surface area contributed by atoms with E-state index in [2.05, 4.69) is 16.0 Å². The number of hydroxylamine groups is 2. The Morgan fingerprint density at radius 3 is 1.45 bits per heavy atom. The van der Waals surface area contributed by atoms with Crippen molar-refractivity contribution in [2.24, 2.45) is 0 Å². The van der Waals surface area contributed by atoms with Crippen LogP contribution in [-0.4, -0.2) is 92.7 Å². The number of benzene rings is 3.